The van der Waals surface area contributed by atoms with E-state index in [2.05, 4.69) is 44.2 Å². The third kappa shape index (κ3) is 6.81. The normalized spacial score (nSPS) is 10.8. The Hall–Kier alpha value is -6.68. The van der Waals surface area contributed by atoms with Crippen molar-refractivity contribution >= 4 is 0 Å². The van der Waals surface area contributed by atoms with Gasteiger partial charge in [0.05, 0.1) is 74.0 Å². The summed E-state index contributed by atoms with van der Waals surface area (Å²) in [6, 6.07) is 38.9. The van der Waals surface area contributed by atoms with Gasteiger partial charge in [-0.1, -0.05) is 48.5 Å². The van der Waals surface area contributed by atoms with Gasteiger partial charge in [0.2, 0.25) is 23.5 Å². The van der Waals surface area contributed by atoms with Crippen LogP contribution in [0.4, 0.5) is 0 Å². The Morgan fingerprint density at radius 2 is 0.540 bits per heavy atom. The molecule has 0 spiro atoms. The van der Waals surface area contributed by atoms with Gasteiger partial charge >= 0.3 is 0 Å². The first-order valence-electron chi connectivity index (χ1n) is 15.7. The molecule has 0 amide bonds. The third-order valence-corrected chi connectivity index (χ3v) is 7.98. The highest BCUT2D eigenvalue weighted by Gasteiger charge is 2.15. The van der Waals surface area contributed by atoms with Gasteiger partial charge in [-0.15, -0.1) is 0 Å². The molecule has 6 aromatic heterocycles. The van der Waals surface area contributed by atoms with E-state index in [1.165, 1.54) is 0 Å². The van der Waals surface area contributed by atoms with Crippen LogP contribution in [0.5, 0.6) is 23.5 Å². The van der Waals surface area contributed by atoms with Crippen molar-refractivity contribution in [2.45, 2.75) is 0 Å². The second-order valence-electron chi connectivity index (χ2n) is 11.1. The number of rotatable bonds is 10. The fourth-order valence-corrected chi connectivity index (χ4v) is 5.46. The highest BCUT2D eigenvalue weighted by Crippen LogP contribution is 2.34. The van der Waals surface area contributed by atoms with Gasteiger partial charge in [-0.05, 0) is 70.8 Å². The van der Waals surface area contributed by atoms with E-state index in [1.54, 1.807) is 52.7 Å². The number of aromatic nitrogens is 6. The maximum absolute atomic E-state index is 5.40. The van der Waals surface area contributed by atoms with Crippen LogP contribution in [-0.4, -0.2) is 58.3 Å². The quantitative estimate of drug-likeness (QED) is 0.143. The Kier molecular flexibility index (Phi) is 9.06. The lowest BCUT2D eigenvalue weighted by Crippen LogP contribution is -1.97. The number of pyridine rings is 6. The molecular formula is C40H32N6O4. The first-order valence-corrected chi connectivity index (χ1v) is 15.7. The molecule has 0 bridgehead atoms. The molecule has 0 saturated carbocycles. The Morgan fingerprint density at radius 1 is 0.280 bits per heavy atom. The van der Waals surface area contributed by atoms with Gasteiger partial charge in [-0.3, -0.25) is 0 Å². The van der Waals surface area contributed by atoms with Crippen molar-refractivity contribution in [3.8, 4) is 91.3 Å². The Labute approximate surface area is 289 Å². The number of methoxy groups -OCH3 is 4. The molecule has 6 heterocycles. The van der Waals surface area contributed by atoms with Crippen LogP contribution in [0.15, 0.2) is 121 Å². The number of hydrogen-bond donors (Lipinski definition) is 0. The van der Waals surface area contributed by atoms with Crippen molar-refractivity contribution in [2.24, 2.45) is 0 Å². The van der Waals surface area contributed by atoms with Crippen LogP contribution < -0.4 is 18.9 Å². The molecule has 0 atom stereocenters. The maximum atomic E-state index is 5.40. The number of benzene rings is 1. The standard InChI is InChI=1S/C40H32N6O4/c1-47-37-13-5-9-29(43-37)33-21-27(22-34(41-33)30-10-6-14-38(44-30)48-2)25-17-19-26(20-18-25)28-23-35(31-11-7-15-39(45-31)49-3)42-36(24-28)32-12-8-16-40(46-32)50-4/h5-24H,1-4H3. The topological polar surface area (TPSA) is 114 Å². The van der Waals surface area contributed by atoms with Crippen LogP contribution in [0.1, 0.15) is 0 Å². The van der Waals surface area contributed by atoms with Crippen molar-refractivity contribution in [2.75, 3.05) is 28.4 Å². The zero-order valence-electron chi connectivity index (χ0n) is 27.9. The summed E-state index contributed by atoms with van der Waals surface area (Å²) in [6.45, 7) is 0. The minimum atomic E-state index is 0.504. The summed E-state index contributed by atoms with van der Waals surface area (Å²) in [5.74, 6) is 2.02. The zero-order valence-corrected chi connectivity index (χ0v) is 27.9. The monoisotopic (exact) mass is 660 g/mol. The highest BCUT2D eigenvalue weighted by molar-refractivity contribution is 5.79. The minimum absolute atomic E-state index is 0.504. The SMILES string of the molecule is COc1cccc(-c2cc(-c3ccc(-c4cc(-c5cccc(OC)n5)nc(-c5cccc(OC)n5)c4)cc3)cc(-c3cccc(OC)n3)n2)n1. The summed E-state index contributed by atoms with van der Waals surface area (Å²) in [6.07, 6.45) is 0. The molecule has 0 saturated heterocycles. The molecule has 10 nitrogen and oxygen atoms in total. The summed E-state index contributed by atoms with van der Waals surface area (Å²) in [5.41, 5.74) is 9.34. The van der Waals surface area contributed by atoms with Crippen LogP contribution in [0, 0.1) is 0 Å². The minimum Gasteiger partial charge on any atom is -0.481 e. The fourth-order valence-electron chi connectivity index (χ4n) is 5.46. The van der Waals surface area contributed by atoms with Crippen LogP contribution in [-0.2, 0) is 0 Å². The summed E-state index contributed by atoms with van der Waals surface area (Å²) in [5, 5.41) is 0. The second kappa shape index (κ2) is 14.2. The summed E-state index contributed by atoms with van der Waals surface area (Å²) in [7, 11) is 6.38. The molecule has 7 rings (SSSR count). The van der Waals surface area contributed by atoms with E-state index in [0.29, 0.717) is 69.1 Å². The molecule has 0 aliphatic heterocycles. The molecule has 0 fully saturated rings. The average molecular weight is 661 g/mol. The molecule has 0 aliphatic rings. The van der Waals surface area contributed by atoms with Crippen molar-refractivity contribution in [3.05, 3.63) is 121 Å². The molecule has 0 aliphatic carbocycles. The predicted molar refractivity (Wildman–Crippen MR) is 192 cm³/mol. The largest absolute Gasteiger partial charge is 0.481 e. The smallest absolute Gasteiger partial charge is 0.213 e. The van der Waals surface area contributed by atoms with E-state index in [0.717, 1.165) is 22.3 Å². The van der Waals surface area contributed by atoms with E-state index >= 15 is 0 Å². The molecule has 1 aromatic carbocycles. The predicted octanol–water partition coefficient (Wildman–Crippen LogP) is 8.09. The molecule has 10 heteroatoms. The van der Waals surface area contributed by atoms with Crippen molar-refractivity contribution in [1.29, 1.82) is 0 Å². The van der Waals surface area contributed by atoms with Gasteiger partial charge in [0, 0.05) is 24.3 Å². The Bertz CT molecular complexity index is 2000. The van der Waals surface area contributed by atoms with Gasteiger partial charge in [0.25, 0.3) is 0 Å². The lowest BCUT2D eigenvalue weighted by molar-refractivity contribution is 0.398. The molecule has 0 N–H and O–H groups in total. The lowest BCUT2D eigenvalue weighted by Gasteiger charge is -2.12. The maximum Gasteiger partial charge on any atom is 0.213 e. The van der Waals surface area contributed by atoms with Crippen LogP contribution in [0.3, 0.4) is 0 Å². The van der Waals surface area contributed by atoms with Crippen LogP contribution >= 0.6 is 0 Å². The third-order valence-electron chi connectivity index (χ3n) is 7.98. The van der Waals surface area contributed by atoms with Gasteiger partial charge in [0.1, 0.15) is 0 Å². The average Bonchev–Trinajstić information content (AvgIpc) is 3.20. The lowest BCUT2D eigenvalue weighted by atomic mass is 9.98. The van der Waals surface area contributed by atoms with Gasteiger partial charge in [0.15, 0.2) is 0 Å². The molecule has 0 unspecified atom stereocenters. The second-order valence-corrected chi connectivity index (χ2v) is 11.1. The van der Waals surface area contributed by atoms with Gasteiger partial charge < -0.3 is 18.9 Å². The Balaban J connectivity index is 1.32. The highest BCUT2D eigenvalue weighted by atomic mass is 16.5. The fraction of sp³-hybridized carbons (Fsp3) is 0.100. The van der Waals surface area contributed by atoms with E-state index < -0.39 is 0 Å². The number of nitrogens with zero attached hydrogens (tertiary/aromatic N) is 6. The molecule has 7 aromatic rings. The summed E-state index contributed by atoms with van der Waals surface area (Å²) < 4.78 is 21.6. The molecule has 246 valence electrons. The van der Waals surface area contributed by atoms with Crippen molar-refractivity contribution in [1.82, 2.24) is 29.9 Å². The van der Waals surface area contributed by atoms with E-state index in [-0.39, 0.29) is 0 Å². The molecular weight excluding hydrogens is 628 g/mol. The number of ether oxygens (including phenoxy) is 4. The molecule has 50 heavy (non-hydrogen) atoms. The first kappa shape index (κ1) is 31.9. The summed E-state index contributed by atoms with van der Waals surface area (Å²) >= 11 is 0. The zero-order chi connectivity index (χ0) is 34.5. The van der Waals surface area contributed by atoms with Crippen molar-refractivity contribution in [3.63, 3.8) is 0 Å². The van der Waals surface area contributed by atoms with Crippen LogP contribution in [0.25, 0.3) is 67.8 Å². The number of hydrogen-bond acceptors (Lipinski definition) is 10. The molecule has 0 radical (unpaired) electrons. The van der Waals surface area contributed by atoms with Gasteiger partial charge in [-0.2, -0.15) is 0 Å². The first-order chi connectivity index (χ1) is 24.5. The van der Waals surface area contributed by atoms with Crippen LogP contribution in [0.2, 0.25) is 0 Å². The van der Waals surface area contributed by atoms with E-state index in [9.17, 15) is 0 Å². The Morgan fingerprint density at radius 3 is 0.780 bits per heavy atom. The van der Waals surface area contributed by atoms with E-state index in [1.807, 2.05) is 72.8 Å². The van der Waals surface area contributed by atoms with Gasteiger partial charge in [-0.25, -0.2) is 29.9 Å². The van der Waals surface area contributed by atoms with E-state index in [4.69, 9.17) is 28.9 Å². The summed E-state index contributed by atoms with van der Waals surface area (Å²) in [4.78, 5) is 28.5. The van der Waals surface area contributed by atoms with Crippen molar-refractivity contribution < 1.29 is 18.9 Å².